The molecule has 1 aromatic carbocycles. The standard InChI is InChI=1S/C18H20N4O3S/c1-10-15(11(2)23)16(22-17(19-10)20-18(21-22)26-3)12-5-6-13-14(9-12)25-8-4-7-24-13/h5-6,9,16H,4,7-8H2,1-3H3,(H,19,20,21). The molecule has 0 saturated heterocycles. The summed E-state index contributed by atoms with van der Waals surface area (Å²) in [6.07, 6.45) is 2.77. The summed E-state index contributed by atoms with van der Waals surface area (Å²) in [6, 6.07) is 5.45. The summed E-state index contributed by atoms with van der Waals surface area (Å²) < 4.78 is 13.3. The summed E-state index contributed by atoms with van der Waals surface area (Å²) in [5, 5.41) is 8.43. The van der Waals surface area contributed by atoms with Gasteiger partial charge >= 0.3 is 0 Å². The molecule has 0 spiro atoms. The highest BCUT2D eigenvalue weighted by atomic mass is 32.2. The fourth-order valence-corrected chi connectivity index (χ4v) is 3.68. The van der Waals surface area contributed by atoms with E-state index in [9.17, 15) is 4.79 Å². The smallest absolute Gasteiger partial charge is 0.227 e. The van der Waals surface area contributed by atoms with Crippen LogP contribution in [-0.4, -0.2) is 40.0 Å². The van der Waals surface area contributed by atoms with E-state index < -0.39 is 0 Å². The Morgan fingerprint density at radius 1 is 1.31 bits per heavy atom. The molecule has 3 heterocycles. The van der Waals surface area contributed by atoms with Gasteiger partial charge in [0.25, 0.3) is 0 Å². The van der Waals surface area contributed by atoms with Crippen molar-refractivity contribution in [2.24, 2.45) is 0 Å². The zero-order valence-electron chi connectivity index (χ0n) is 14.9. The van der Waals surface area contributed by atoms with Crippen molar-refractivity contribution in [1.29, 1.82) is 0 Å². The topological polar surface area (TPSA) is 78.3 Å². The van der Waals surface area contributed by atoms with Crippen molar-refractivity contribution < 1.29 is 14.3 Å². The SMILES string of the molecule is CSc1nc2n(n1)C(c1ccc3c(c1)OCCCO3)C(C(C)=O)=C(C)N2. The lowest BCUT2D eigenvalue weighted by Gasteiger charge is -2.28. The van der Waals surface area contributed by atoms with Gasteiger partial charge in [-0.1, -0.05) is 17.8 Å². The Morgan fingerprint density at radius 3 is 2.81 bits per heavy atom. The molecule has 0 fully saturated rings. The largest absolute Gasteiger partial charge is 0.490 e. The highest BCUT2D eigenvalue weighted by Crippen LogP contribution is 2.40. The molecular weight excluding hydrogens is 352 g/mol. The second-order valence-corrected chi connectivity index (χ2v) is 7.02. The third-order valence-corrected chi connectivity index (χ3v) is 5.02. The highest BCUT2D eigenvalue weighted by molar-refractivity contribution is 7.98. The second-order valence-electron chi connectivity index (χ2n) is 6.25. The van der Waals surface area contributed by atoms with Crippen LogP contribution in [0.2, 0.25) is 0 Å². The van der Waals surface area contributed by atoms with Crippen molar-refractivity contribution >= 4 is 23.5 Å². The van der Waals surface area contributed by atoms with Crippen molar-refractivity contribution in [2.45, 2.75) is 31.5 Å². The molecule has 2 aliphatic rings. The number of nitrogens with one attached hydrogen (secondary N) is 1. The Bertz CT molecular complexity index is 906. The van der Waals surface area contributed by atoms with Gasteiger partial charge in [0.1, 0.15) is 6.04 Å². The van der Waals surface area contributed by atoms with E-state index in [0.29, 0.717) is 35.6 Å². The van der Waals surface area contributed by atoms with Crippen LogP contribution in [0.5, 0.6) is 11.5 Å². The number of carbonyl (C=O) groups is 1. The Hall–Kier alpha value is -2.48. The lowest BCUT2D eigenvalue weighted by atomic mass is 9.93. The number of hydrogen-bond acceptors (Lipinski definition) is 7. The van der Waals surface area contributed by atoms with E-state index in [0.717, 1.165) is 23.4 Å². The molecule has 136 valence electrons. The predicted octanol–water partition coefficient (Wildman–Crippen LogP) is 3.04. The molecule has 1 N–H and O–H groups in total. The van der Waals surface area contributed by atoms with Crippen LogP contribution in [0.15, 0.2) is 34.6 Å². The molecule has 0 aliphatic carbocycles. The van der Waals surface area contributed by atoms with E-state index in [1.165, 1.54) is 11.8 Å². The van der Waals surface area contributed by atoms with Crippen LogP contribution in [0, 0.1) is 0 Å². The number of carbonyl (C=O) groups excluding carboxylic acids is 1. The summed E-state index contributed by atoms with van der Waals surface area (Å²) in [6.45, 7) is 4.72. The summed E-state index contributed by atoms with van der Waals surface area (Å²) in [4.78, 5) is 16.9. The number of hydrogen-bond donors (Lipinski definition) is 1. The summed E-state index contributed by atoms with van der Waals surface area (Å²) >= 11 is 1.46. The van der Waals surface area contributed by atoms with Gasteiger partial charge in [-0.3, -0.25) is 4.79 Å². The zero-order valence-corrected chi connectivity index (χ0v) is 15.7. The molecular formula is C18H20N4O3S. The van der Waals surface area contributed by atoms with Crippen molar-refractivity contribution in [1.82, 2.24) is 14.8 Å². The summed E-state index contributed by atoms with van der Waals surface area (Å²) in [5.41, 5.74) is 2.38. The monoisotopic (exact) mass is 372 g/mol. The van der Waals surface area contributed by atoms with Gasteiger partial charge in [-0.15, -0.1) is 5.10 Å². The molecule has 1 atom stereocenters. The molecule has 26 heavy (non-hydrogen) atoms. The van der Waals surface area contributed by atoms with Gasteiger partial charge < -0.3 is 14.8 Å². The molecule has 7 nitrogen and oxygen atoms in total. The Kier molecular flexibility index (Phi) is 4.36. The normalized spacial score (nSPS) is 18.8. The van der Waals surface area contributed by atoms with Crippen molar-refractivity contribution in [2.75, 3.05) is 24.8 Å². The maximum Gasteiger partial charge on any atom is 0.227 e. The molecule has 1 unspecified atom stereocenters. The average Bonchev–Trinajstić information content (AvgIpc) is 2.88. The first-order valence-electron chi connectivity index (χ1n) is 8.47. The van der Waals surface area contributed by atoms with Crippen molar-refractivity contribution in [3.63, 3.8) is 0 Å². The molecule has 0 radical (unpaired) electrons. The number of ketones is 1. The van der Waals surface area contributed by atoms with Gasteiger partial charge in [0.15, 0.2) is 17.3 Å². The van der Waals surface area contributed by atoms with E-state index in [2.05, 4.69) is 15.4 Å². The third kappa shape index (κ3) is 2.84. The quantitative estimate of drug-likeness (QED) is 0.830. The maximum atomic E-state index is 12.4. The van der Waals surface area contributed by atoms with Crippen molar-refractivity contribution in [3.05, 3.63) is 35.0 Å². The predicted molar refractivity (Wildman–Crippen MR) is 99.0 cm³/mol. The lowest BCUT2D eigenvalue weighted by molar-refractivity contribution is -0.114. The van der Waals surface area contributed by atoms with Crippen LogP contribution in [-0.2, 0) is 4.79 Å². The van der Waals surface area contributed by atoms with E-state index in [4.69, 9.17) is 9.47 Å². The molecule has 0 saturated carbocycles. The summed E-state index contributed by atoms with van der Waals surface area (Å²) in [5.74, 6) is 2.06. The zero-order chi connectivity index (χ0) is 18.3. The average molecular weight is 372 g/mol. The second kappa shape index (κ2) is 6.68. The number of Topliss-reactive ketones (excluding diaryl/α,β-unsaturated/α-hetero) is 1. The minimum absolute atomic E-state index is 0.000960. The fourth-order valence-electron chi connectivity index (χ4n) is 3.33. The number of aromatic nitrogens is 3. The minimum atomic E-state index is -0.352. The van der Waals surface area contributed by atoms with Gasteiger partial charge in [-0.2, -0.15) is 4.98 Å². The highest BCUT2D eigenvalue weighted by Gasteiger charge is 2.33. The Morgan fingerprint density at radius 2 is 2.08 bits per heavy atom. The molecule has 2 aliphatic heterocycles. The van der Waals surface area contributed by atoms with Gasteiger partial charge in [0.05, 0.1) is 13.2 Å². The first-order chi connectivity index (χ1) is 12.6. The number of anilines is 1. The maximum absolute atomic E-state index is 12.4. The first kappa shape index (κ1) is 17.0. The van der Waals surface area contributed by atoms with Gasteiger partial charge in [-0.05, 0) is 37.8 Å². The van der Waals surface area contributed by atoms with E-state index in [1.54, 1.807) is 11.6 Å². The van der Waals surface area contributed by atoms with Crippen LogP contribution in [0.1, 0.15) is 31.9 Å². The number of thioether (sulfide) groups is 1. The number of rotatable bonds is 3. The summed E-state index contributed by atoms with van der Waals surface area (Å²) in [7, 11) is 0. The number of ether oxygens (including phenoxy) is 2. The van der Waals surface area contributed by atoms with E-state index in [1.807, 2.05) is 31.4 Å². The van der Waals surface area contributed by atoms with Gasteiger partial charge in [0, 0.05) is 17.7 Å². The van der Waals surface area contributed by atoms with E-state index in [-0.39, 0.29) is 11.8 Å². The van der Waals surface area contributed by atoms with Crippen molar-refractivity contribution in [3.8, 4) is 11.5 Å². The number of fused-ring (bicyclic) bond motifs is 2. The van der Waals surface area contributed by atoms with Crippen LogP contribution in [0.4, 0.5) is 5.95 Å². The Balaban J connectivity index is 1.86. The fraction of sp³-hybridized carbons (Fsp3) is 0.389. The van der Waals surface area contributed by atoms with Gasteiger partial charge in [0.2, 0.25) is 11.1 Å². The van der Waals surface area contributed by atoms with Crippen LogP contribution in [0.3, 0.4) is 0 Å². The third-order valence-electron chi connectivity index (χ3n) is 4.48. The molecule has 0 bridgehead atoms. The number of benzene rings is 1. The Labute approximate surface area is 155 Å². The number of allylic oxidation sites excluding steroid dienone is 2. The van der Waals surface area contributed by atoms with Gasteiger partial charge in [-0.25, -0.2) is 4.68 Å². The number of nitrogens with zero attached hydrogens (tertiary/aromatic N) is 3. The minimum Gasteiger partial charge on any atom is -0.490 e. The van der Waals surface area contributed by atoms with Crippen LogP contribution >= 0.6 is 11.8 Å². The lowest BCUT2D eigenvalue weighted by Crippen LogP contribution is -2.27. The molecule has 4 rings (SSSR count). The molecule has 2 aromatic rings. The first-order valence-corrected chi connectivity index (χ1v) is 9.69. The molecule has 0 amide bonds. The molecule has 8 heteroatoms. The van der Waals surface area contributed by atoms with Crippen LogP contribution < -0.4 is 14.8 Å². The van der Waals surface area contributed by atoms with E-state index >= 15 is 0 Å². The molecule has 1 aromatic heterocycles. The van der Waals surface area contributed by atoms with Crippen LogP contribution in [0.25, 0.3) is 0 Å².